The number of hydrogen-bond donors (Lipinski definition) is 2. The summed E-state index contributed by atoms with van der Waals surface area (Å²) in [6.07, 6.45) is 2.24. The molecule has 2 N–H and O–H groups in total. The Labute approximate surface area is 121 Å². The molecule has 0 radical (unpaired) electrons. The van der Waals surface area contributed by atoms with Crippen LogP contribution in [0.4, 0.5) is 9.93 Å². The number of likely N-dealkylation sites (tertiary alicyclic amines) is 1. The summed E-state index contributed by atoms with van der Waals surface area (Å²) in [4.78, 5) is 30.1. The second kappa shape index (κ2) is 5.40. The Morgan fingerprint density at radius 3 is 2.75 bits per heavy atom. The zero-order valence-electron chi connectivity index (χ0n) is 11.8. The number of amides is 2. The highest BCUT2D eigenvalue weighted by molar-refractivity contribution is 7.15. The summed E-state index contributed by atoms with van der Waals surface area (Å²) in [5, 5.41) is 12.5. The lowest BCUT2D eigenvalue weighted by atomic mass is 9.90. The molecule has 0 bridgehead atoms. The van der Waals surface area contributed by atoms with Crippen LogP contribution in [0.3, 0.4) is 0 Å². The number of carbonyl (C=O) groups is 2. The summed E-state index contributed by atoms with van der Waals surface area (Å²) in [6.45, 7) is 6.49. The lowest BCUT2D eigenvalue weighted by Gasteiger charge is -2.19. The highest BCUT2D eigenvalue weighted by Crippen LogP contribution is 2.31. The van der Waals surface area contributed by atoms with E-state index in [9.17, 15) is 9.59 Å². The summed E-state index contributed by atoms with van der Waals surface area (Å²) in [6, 6.07) is -0.278. The minimum absolute atomic E-state index is 0.233. The van der Waals surface area contributed by atoms with E-state index in [2.05, 4.69) is 24.1 Å². The quantitative estimate of drug-likeness (QED) is 0.898. The Morgan fingerprint density at radius 1 is 1.55 bits per heavy atom. The standard InChI is InChI=1S/C13H19N3O3S/c1-8(2)9-6-14-11(20-9)15-12(19)16-5-4-13(3,7-16)10(17)18/h6,8H,4-5,7H2,1-3H3,(H,17,18)(H,14,15,19). The number of hydrogen-bond acceptors (Lipinski definition) is 4. The van der Waals surface area contributed by atoms with Crippen LogP contribution in [-0.2, 0) is 4.79 Å². The van der Waals surface area contributed by atoms with Gasteiger partial charge in [-0.3, -0.25) is 10.1 Å². The Kier molecular flexibility index (Phi) is 3.99. The number of nitrogens with one attached hydrogen (secondary N) is 1. The lowest BCUT2D eigenvalue weighted by Crippen LogP contribution is -2.37. The van der Waals surface area contributed by atoms with E-state index in [-0.39, 0.29) is 12.6 Å². The predicted octanol–water partition coefficient (Wildman–Crippen LogP) is 2.60. The number of rotatable bonds is 3. The molecule has 2 heterocycles. The molecule has 1 unspecified atom stereocenters. The predicted molar refractivity (Wildman–Crippen MR) is 77.2 cm³/mol. The second-order valence-corrected chi connectivity index (χ2v) is 6.75. The zero-order chi connectivity index (χ0) is 14.9. The summed E-state index contributed by atoms with van der Waals surface area (Å²) in [5.74, 6) is -0.482. The minimum atomic E-state index is -0.857. The molecule has 1 aliphatic heterocycles. The van der Waals surface area contributed by atoms with Gasteiger partial charge in [-0.1, -0.05) is 13.8 Å². The van der Waals surface area contributed by atoms with Crippen molar-refractivity contribution in [2.45, 2.75) is 33.1 Å². The molecular formula is C13H19N3O3S. The molecule has 1 fully saturated rings. The van der Waals surface area contributed by atoms with Crippen LogP contribution in [0.1, 0.15) is 38.0 Å². The van der Waals surface area contributed by atoms with Crippen LogP contribution in [0, 0.1) is 5.41 Å². The van der Waals surface area contributed by atoms with E-state index in [1.807, 2.05) is 0 Å². The van der Waals surface area contributed by atoms with Gasteiger partial charge in [-0.25, -0.2) is 9.78 Å². The van der Waals surface area contributed by atoms with Crippen LogP contribution >= 0.6 is 11.3 Å². The normalized spacial score (nSPS) is 22.3. The van der Waals surface area contributed by atoms with E-state index in [1.54, 1.807) is 13.1 Å². The summed E-state index contributed by atoms with van der Waals surface area (Å²) in [5.41, 5.74) is -0.844. The van der Waals surface area contributed by atoms with Crippen molar-refractivity contribution in [2.75, 3.05) is 18.4 Å². The van der Waals surface area contributed by atoms with Crippen molar-refractivity contribution in [1.82, 2.24) is 9.88 Å². The first kappa shape index (κ1) is 14.8. The fourth-order valence-corrected chi connectivity index (χ4v) is 2.90. The van der Waals surface area contributed by atoms with Crippen LogP contribution < -0.4 is 5.32 Å². The molecule has 0 saturated carbocycles. The molecule has 1 aromatic heterocycles. The van der Waals surface area contributed by atoms with Crippen LogP contribution in [0.5, 0.6) is 0 Å². The van der Waals surface area contributed by atoms with Gasteiger partial charge in [-0.2, -0.15) is 0 Å². The van der Waals surface area contributed by atoms with Gasteiger partial charge in [0.1, 0.15) is 0 Å². The van der Waals surface area contributed by atoms with E-state index in [4.69, 9.17) is 5.11 Å². The molecule has 2 rings (SSSR count). The van der Waals surface area contributed by atoms with Crippen molar-refractivity contribution in [3.8, 4) is 0 Å². The van der Waals surface area contributed by atoms with Crippen LogP contribution in [0.2, 0.25) is 0 Å². The molecule has 0 spiro atoms. The summed E-state index contributed by atoms with van der Waals surface area (Å²) in [7, 11) is 0. The van der Waals surface area contributed by atoms with Crippen LogP contribution in [0.15, 0.2) is 6.20 Å². The molecular weight excluding hydrogens is 278 g/mol. The zero-order valence-corrected chi connectivity index (χ0v) is 12.7. The van der Waals surface area contributed by atoms with Gasteiger partial charge in [0.25, 0.3) is 0 Å². The number of nitrogens with zero attached hydrogens (tertiary/aromatic N) is 2. The topological polar surface area (TPSA) is 82.5 Å². The summed E-state index contributed by atoms with van der Waals surface area (Å²) >= 11 is 1.45. The van der Waals surface area contributed by atoms with Gasteiger partial charge >= 0.3 is 12.0 Å². The fourth-order valence-electron chi connectivity index (χ4n) is 2.09. The van der Waals surface area contributed by atoms with E-state index in [0.29, 0.717) is 24.0 Å². The van der Waals surface area contributed by atoms with Gasteiger partial charge in [0.05, 0.1) is 5.41 Å². The maximum Gasteiger partial charge on any atom is 0.323 e. The SMILES string of the molecule is CC(C)c1cnc(NC(=O)N2CCC(C)(C(=O)O)C2)s1. The van der Waals surface area contributed by atoms with Gasteiger partial charge in [0.15, 0.2) is 5.13 Å². The average Bonchev–Trinajstić information content (AvgIpc) is 2.97. The molecule has 2 amide bonds. The largest absolute Gasteiger partial charge is 0.481 e. The molecule has 7 heteroatoms. The number of thiazole rings is 1. The van der Waals surface area contributed by atoms with Gasteiger partial charge in [-0.15, -0.1) is 11.3 Å². The number of carbonyl (C=O) groups excluding carboxylic acids is 1. The minimum Gasteiger partial charge on any atom is -0.481 e. The first-order chi connectivity index (χ1) is 9.32. The third-order valence-electron chi connectivity index (χ3n) is 3.58. The summed E-state index contributed by atoms with van der Waals surface area (Å²) < 4.78 is 0. The van der Waals surface area contributed by atoms with Crippen molar-refractivity contribution < 1.29 is 14.7 Å². The first-order valence-electron chi connectivity index (χ1n) is 6.57. The first-order valence-corrected chi connectivity index (χ1v) is 7.38. The molecule has 1 atom stereocenters. The Hall–Kier alpha value is -1.63. The molecule has 20 heavy (non-hydrogen) atoms. The molecule has 1 saturated heterocycles. The molecule has 1 aromatic rings. The maximum atomic E-state index is 12.1. The van der Waals surface area contributed by atoms with Crippen molar-refractivity contribution in [1.29, 1.82) is 0 Å². The number of carboxylic acids is 1. The monoisotopic (exact) mass is 297 g/mol. The number of aliphatic carboxylic acids is 1. The number of anilines is 1. The van der Waals surface area contributed by atoms with Gasteiger partial charge in [0, 0.05) is 24.2 Å². The Bertz CT molecular complexity index is 529. The van der Waals surface area contributed by atoms with E-state index >= 15 is 0 Å². The number of aromatic nitrogens is 1. The Morgan fingerprint density at radius 2 is 2.25 bits per heavy atom. The van der Waals surface area contributed by atoms with E-state index in [0.717, 1.165) is 4.88 Å². The van der Waals surface area contributed by atoms with Gasteiger partial charge in [0.2, 0.25) is 0 Å². The van der Waals surface area contributed by atoms with Crippen molar-refractivity contribution in [2.24, 2.45) is 5.41 Å². The average molecular weight is 297 g/mol. The fraction of sp³-hybridized carbons (Fsp3) is 0.615. The van der Waals surface area contributed by atoms with E-state index in [1.165, 1.54) is 16.2 Å². The van der Waals surface area contributed by atoms with Crippen molar-refractivity contribution >= 4 is 28.5 Å². The highest BCUT2D eigenvalue weighted by Gasteiger charge is 2.42. The van der Waals surface area contributed by atoms with Crippen molar-refractivity contribution in [3.63, 3.8) is 0 Å². The Balaban J connectivity index is 1.97. The molecule has 1 aliphatic rings. The molecule has 6 nitrogen and oxygen atoms in total. The van der Waals surface area contributed by atoms with Crippen LogP contribution in [0.25, 0.3) is 0 Å². The highest BCUT2D eigenvalue weighted by atomic mass is 32.1. The van der Waals surface area contributed by atoms with Gasteiger partial charge in [-0.05, 0) is 19.3 Å². The maximum absolute atomic E-state index is 12.1. The molecule has 110 valence electrons. The number of carboxylic acid groups (broad SMARTS) is 1. The van der Waals surface area contributed by atoms with Crippen LogP contribution in [-0.4, -0.2) is 40.1 Å². The second-order valence-electron chi connectivity index (χ2n) is 5.69. The molecule has 0 aliphatic carbocycles. The van der Waals surface area contributed by atoms with Crippen molar-refractivity contribution in [3.05, 3.63) is 11.1 Å². The van der Waals surface area contributed by atoms with Gasteiger partial charge < -0.3 is 10.0 Å². The van der Waals surface area contributed by atoms with E-state index < -0.39 is 11.4 Å². The number of urea groups is 1. The smallest absolute Gasteiger partial charge is 0.323 e. The lowest BCUT2D eigenvalue weighted by molar-refractivity contribution is -0.146. The molecule has 0 aromatic carbocycles. The third kappa shape index (κ3) is 2.92. The third-order valence-corrected chi connectivity index (χ3v) is 4.80.